The summed E-state index contributed by atoms with van der Waals surface area (Å²) in [6, 6.07) is 9.60. The molecule has 1 aromatic heterocycles. The zero-order chi connectivity index (χ0) is 15.4. The highest BCUT2D eigenvalue weighted by molar-refractivity contribution is 5.95. The Morgan fingerprint density at radius 3 is 2.81 bits per heavy atom. The van der Waals surface area contributed by atoms with Gasteiger partial charge in [-0.2, -0.15) is 5.26 Å². The van der Waals surface area contributed by atoms with Crippen molar-refractivity contribution in [3.8, 4) is 6.07 Å². The first-order valence-corrected chi connectivity index (χ1v) is 6.84. The second-order valence-electron chi connectivity index (χ2n) is 4.93. The van der Waals surface area contributed by atoms with Crippen LogP contribution in [0.5, 0.6) is 0 Å². The van der Waals surface area contributed by atoms with Crippen LogP contribution in [0.4, 0.5) is 5.69 Å². The first kappa shape index (κ1) is 14.8. The molecule has 0 bridgehead atoms. The number of para-hydroxylation sites is 1. The average molecular weight is 283 g/mol. The van der Waals surface area contributed by atoms with Crippen LogP contribution in [0.15, 0.2) is 30.5 Å². The maximum atomic E-state index is 11.2. The lowest BCUT2D eigenvalue weighted by Crippen LogP contribution is -2.37. The molecule has 5 heteroatoms. The van der Waals surface area contributed by atoms with Gasteiger partial charge in [0, 0.05) is 17.6 Å². The van der Waals surface area contributed by atoms with Crippen molar-refractivity contribution in [2.45, 2.75) is 26.3 Å². The van der Waals surface area contributed by atoms with Gasteiger partial charge in [0.2, 0.25) is 0 Å². The second kappa shape index (κ2) is 6.23. The minimum absolute atomic E-state index is 0.0130. The van der Waals surface area contributed by atoms with Gasteiger partial charge in [0.15, 0.2) is 0 Å². The van der Waals surface area contributed by atoms with Gasteiger partial charge >= 0.3 is 5.97 Å². The number of anilines is 1. The molecule has 5 nitrogen and oxygen atoms in total. The molecule has 1 heterocycles. The number of pyridine rings is 1. The molecule has 1 aromatic carbocycles. The predicted octanol–water partition coefficient (Wildman–Crippen LogP) is 2.80. The zero-order valence-corrected chi connectivity index (χ0v) is 12.1. The lowest BCUT2D eigenvalue weighted by Gasteiger charge is -2.30. The Labute approximate surface area is 123 Å². The molecule has 2 rings (SSSR count). The quantitative estimate of drug-likeness (QED) is 0.913. The number of carboxylic acid groups (broad SMARTS) is 1. The topological polar surface area (TPSA) is 77.2 Å². The summed E-state index contributed by atoms with van der Waals surface area (Å²) >= 11 is 0. The van der Waals surface area contributed by atoms with Gasteiger partial charge in [-0.25, -0.2) is 0 Å². The van der Waals surface area contributed by atoms with E-state index >= 15 is 0 Å². The fourth-order valence-corrected chi connectivity index (χ4v) is 2.34. The summed E-state index contributed by atoms with van der Waals surface area (Å²) in [6.45, 7) is 3.81. The maximum Gasteiger partial charge on any atom is 0.323 e. The van der Waals surface area contributed by atoms with Crippen LogP contribution in [0.2, 0.25) is 0 Å². The van der Waals surface area contributed by atoms with Crippen molar-refractivity contribution >= 4 is 22.6 Å². The van der Waals surface area contributed by atoms with E-state index in [1.54, 1.807) is 4.90 Å². The Bertz CT molecular complexity index is 706. The third-order valence-corrected chi connectivity index (χ3v) is 3.58. The summed E-state index contributed by atoms with van der Waals surface area (Å²) in [5.41, 5.74) is 1.81. The molecule has 0 radical (unpaired) electrons. The van der Waals surface area contributed by atoms with Crippen LogP contribution in [0.3, 0.4) is 0 Å². The van der Waals surface area contributed by atoms with Crippen LogP contribution in [0, 0.1) is 11.3 Å². The zero-order valence-electron chi connectivity index (χ0n) is 12.1. The lowest BCUT2D eigenvalue weighted by atomic mass is 10.1. The van der Waals surface area contributed by atoms with Gasteiger partial charge in [0.25, 0.3) is 0 Å². The average Bonchev–Trinajstić information content (AvgIpc) is 2.50. The van der Waals surface area contributed by atoms with Crippen molar-refractivity contribution in [3.63, 3.8) is 0 Å². The summed E-state index contributed by atoms with van der Waals surface area (Å²) in [7, 11) is 0. The molecule has 0 spiro atoms. The van der Waals surface area contributed by atoms with E-state index in [1.807, 2.05) is 38.1 Å². The molecule has 0 fully saturated rings. The van der Waals surface area contributed by atoms with Crippen molar-refractivity contribution in [1.29, 1.82) is 5.26 Å². The Hall–Kier alpha value is -2.61. The maximum absolute atomic E-state index is 11.2. The number of rotatable bonds is 5. The number of hydrogen-bond acceptors (Lipinski definition) is 4. The van der Waals surface area contributed by atoms with Crippen molar-refractivity contribution in [2.75, 3.05) is 11.4 Å². The van der Waals surface area contributed by atoms with Crippen LogP contribution >= 0.6 is 0 Å². The van der Waals surface area contributed by atoms with Gasteiger partial charge in [0.05, 0.1) is 16.8 Å². The Balaban J connectivity index is 2.70. The van der Waals surface area contributed by atoms with Gasteiger partial charge in [0.1, 0.15) is 12.6 Å². The fraction of sp³-hybridized carbons (Fsp3) is 0.312. The number of carbonyl (C=O) groups is 1. The number of aromatic nitrogens is 1. The third kappa shape index (κ3) is 2.95. The van der Waals surface area contributed by atoms with Gasteiger partial charge in [-0.05, 0) is 19.4 Å². The van der Waals surface area contributed by atoms with Gasteiger partial charge in [-0.15, -0.1) is 0 Å². The van der Waals surface area contributed by atoms with E-state index in [1.165, 1.54) is 6.20 Å². The van der Waals surface area contributed by atoms with Crippen LogP contribution in [0.25, 0.3) is 10.9 Å². The Morgan fingerprint density at radius 1 is 1.48 bits per heavy atom. The minimum atomic E-state index is -0.917. The fourth-order valence-electron chi connectivity index (χ4n) is 2.34. The Morgan fingerprint density at radius 2 is 2.19 bits per heavy atom. The van der Waals surface area contributed by atoms with E-state index in [0.717, 1.165) is 17.3 Å². The summed E-state index contributed by atoms with van der Waals surface area (Å²) in [5.74, 6) is -0.917. The monoisotopic (exact) mass is 283 g/mol. The van der Waals surface area contributed by atoms with Crippen LogP contribution in [-0.4, -0.2) is 28.6 Å². The van der Waals surface area contributed by atoms with E-state index in [2.05, 4.69) is 11.1 Å². The SMILES string of the molecule is CCC(C)N(CC(=O)O)c1c(C#N)cnc2ccccc12. The molecule has 0 aliphatic carbocycles. The first-order valence-electron chi connectivity index (χ1n) is 6.84. The smallest absolute Gasteiger partial charge is 0.323 e. The van der Waals surface area contributed by atoms with E-state index in [0.29, 0.717) is 11.3 Å². The van der Waals surface area contributed by atoms with Crippen molar-refractivity contribution in [2.24, 2.45) is 0 Å². The van der Waals surface area contributed by atoms with Crippen LogP contribution < -0.4 is 4.90 Å². The van der Waals surface area contributed by atoms with Crippen LogP contribution in [-0.2, 0) is 4.79 Å². The molecule has 0 saturated carbocycles. The number of benzene rings is 1. The number of fused-ring (bicyclic) bond motifs is 1. The highest BCUT2D eigenvalue weighted by Crippen LogP contribution is 2.31. The molecule has 108 valence electrons. The molecule has 0 aliphatic heterocycles. The molecule has 1 unspecified atom stereocenters. The number of carboxylic acids is 1. The number of hydrogen-bond donors (Lipinski definition) is 1. The highest BCUT2D eigenvalue weighted by atomic mass is 16.4. The molecule has 0 amide bonds. The molecule has 21 heavy (non-hydrogen) atoms. The normalized spacial score (nSPS) is 11.9. The van der Waals surface area contributed by atoms with Gasteiger partial charge in [-0.3, -0.25) is 9.78 Å². The third-order valence-electron chi connectivity index (χ3n) is 3.58. The van der Waals surface area contributed by atoms with Crippen molar-refractivity contribution in [1.82, 2.24) is 4.98 Å². The number of aliphatic carboxylic acids is 1. The molecule has 1 N–H and O–H groups in total. The van der Waals surface area contributed by atoms with E-state index in [9.17, 15) is 15.2 Å². The van der Waals surface area contributed by atoms with E-state index < -0.39 is 5.97 Å². The molecule has 1 atom stereocenters. The lowest BCUT2D eigenvalue weighted by molar-refractivity contribution is -0.135. The summed E-state index contributed by atoms with van der Waals surface area (Å²) < 4.78 is 0. The van der Waals surface area contributed by atoms with Crippen molar-refractivity contribution < 1.29 is 9.90 Å². The molecule has 0 saturated heterocycles. The minimum Gasteiger partial charge on any atom is -0.480 e. The summed E-state index contributed by atoms with van der Waals surface area (Å²) in [6.07, 6.45) is 2.30. The Kier molecular flexibility index (Phi) is 4.39. The van der Waals surface area contributed by atoms with E-state index in [4.69, 9.17) is 0 Å². The summed E-state index contributed by atoms with van der Waals surface area (Å²) in [5, 5.41) is 19.3. The number of nitrogens with zero attached hydrogens (tertiary/aromatic N) is 3. The second-order valence-corrected chi connectivity index (χ2v) is 4.93. The van der Waals surface area contributed by atoms with Gasteiger partial charge in [-0.1, -0.05) is 25.1 Å². The first-order chi connectivity index (χ1) is 10.1. The number of nitriles is 1. The van der Waals surface area contributed by atoms with E-state index in [-0.39, 0.29) is 12.6 Å². The molecule has 0 aliphatic rings. The van der Waals surface area contributed by atoms with Crippen molar-refractivity contribution in [3.05, 3.63) is 36.0 Å². The predicted molar refractivity (Wildman–Crippen MR) is 81.2 cm³/mol. The highest BCUT2D eigenvalue weighted by Gasteiger charge is 2.22. The van der Waals surface area contributed by atoms with Gasteiger partial charge < -0.3 is 10.0 Å². The largest absolute Gasteiger partial charge is 0.480 e. The summed E-state index contributed by atoms with van der Waals surface area (Å²) in [4.78, 5) is 17.2. The standard InChI is InChI=1S/C16H17N3O2/c1-3-11(2)19(10-15(20)21)16-12(8-17)9-18-14-7-5-4-6-13(14)16/h4-7,9,11H,3,10H2,1-2H3,(H,20,21). The molecular formula is C16H17N3O2. The molecule has 2 aromatic rings. The van der Waals surface area contributed by atoms with Crippen LogP contribution in [0.1, 0.15) is 25.8 Å². The molecular weight excluding hydrogens is 266 g/mol.